The number of likely N-dealkylation sites (N-methyl/N-ethyl adjacent to an activating group) is 1. The maximum Gasteiger partial charge on any atom is 0.410 e. The lowest BCUT2D eigenvalue weighted by atomic mass is 10.0. The number of nitrogens with zero attached hydrogens (tertiary/aromatic N) is 8. The number of hydrogen-bond donors (Lipinski definition) is 0. The lowest BCUT2D eigenvalue weighted by Gasteiger charge is -2.42. The summed E-state index contributed by atoms with van der Waals surface area (Å²) in [6, 6.07) is 16.9. The van der Waals surface area contributed by atoms with E-state index in [-0.39, 0.29) is 24.9 Å². The van der Waals surface area contributed by atoms with Crippen molar-refractivity contribution in [2.45, 2.75) is 50.9 Å². The first-order chi connectivity index (χ1) is 23.5. The van der Waals surface area contributed by atoms with Gasteiger partial charge in [0, 0.05) is 54.8 Å². The van der Waals surface area contributed by atoms with Gasteiger partial charge < -0.3 is 29.1 Å². The SMILES string of the molecule is CN1CCC[C@H]1COc1nc2c(c(N3CCN(C(=O)OCc4ccccc4)C(CC#N)C3)n1)CCN(c1cncc3cc(F)ccc13)C2. The third-order valence-corrected chi connectivity index (χ3v) is 9.69. The number of carbonyl (C=O) groups is 1. The van der Waals surface area contributed by atoms with Gasteiger partial charge in [-0.1, -0.05) is 30.3 Å². The van der Waals surface area contributed by atoms with Crippen molar-refractivity contribution < 1.29 is 18.7 Å². The third kappa shape index (κ3) is 6.69. The van der Waals surface area contributed by atoms with Crippen molar-refractivity contribution in [2.75, 3.05) is 56.2 Å². The van der Waals surface area contributed by atoms with Crippen molar-refractivity contribution in [3.05, 3.63) is 83.6 Å². The molecule has 0 aliphatic carbocycles. The number of fused-ring (bicyclic) bond motifs is 2. The summed E-state index contributed by atoms with van der Waals surface area (Å²) in [6.45, 7) is 4.28. The first kappa shape index (κ1) is 31.6. The molecule has 2 aromatic carbocycles. The van der Waals surface area contributed by atoms with Crippen LogP contribution in [0.5, 0.6) is 6.01 Å². The molecule has 1 unspecified atom stereocenters. The average molecular weight is 651 g/mol. The molecule has 2 fully saturated rings. The topological polar surface area (TPSA) is 111 Å². The molecule has 3 aliphatic heterocycles. The van der Waals surface area contributed by atoms with Crippen LogP contribution in [0.25, 0.3) is 10.8 Å². The number of halogens is 1. The molecule has 4 aromatic rings. The van der Waals surface area contributed by atoms with Gasteiger partial charge in [0.05, 0.1) is 42.7 Å². The minimum atomic E-state index is -0.424. The summed E-state index contributed by atoms with van der Waals surface area (Å²) in [5.74, 6) is 0.490. The van der Waals surface area contributed by atoms with Crippen LogP contribution in [0.4, 0.5) is 20.7 Å². The fourth-order valence-electron chi connectivity index (χ4n) is 7.03. The second-order valence-corrected chi connectivity index (χ2v) is 12.7. The zero-order valence-electron chi connectivity index (χ0n) is 27.1. The van der Waals surface area contributed by atoms with Crippen molar-refractivity contribution in [1.82, 2.24) is 24.8 Å². The van der Waals surface area contributed by atoms with E-state index in [4.69, 9.17) is 19.4 Å². The first-order valence-corrected chi connectivity index (χ1v) is 16.6. The van der Waals surface area contributed by atoms with Gasteiger partial charge in [-0.2, -0.15) is 15.2 Å². The molecule has 2 aromatic heterocycles. The molecule has 248 valence electrons. The Labute approximate surface area is 279 Å². The number of hydrogen-bond acceptors (Lipinski definition) is 10. The minimum Gasteiger partial charge on any atom is -0.462 e. The van der Waals surface area contributed by atoms with Crippen molar-refractivity contribution in [2.24, 2.45) is 0 Å². The molecular weight excluding hydrogens is 611 g/mol. The Morgan fingerprint density at radius 3 is 2.73 bits per heavy atom. The number of ether oxygens (including phenoxy) is 2. The molecule has 12 heteroatoms. The quantitative estimate of drug-likeness (QED) is 0.260. The fourth-order valence-corrected chi connectivity index (χ4v) is 7.03. The average Bonchev–Trinajstić information content (AvgIpc) is 3.53. The van der Waals surface area contributed by atoms with Gasteiger partial charge in [-0.15, -0.1) is 0 Å². The van der Waals surface area contributed by atoms with Gasteiger partial charge >= 0.3 is 12.1 Å². The highest BCUT2D eigenvalue weighted by Crippen LogP contribution is 2.35. The molecule has 1 amide bonds. The predicted molar refractivity (Wildman–Crippen MR) is 179 cm³/mol. The van der Waals surface area contributed by atoms with Crippen LogP contribution in [-0.4, -0.2) is 89.3 Å². The second-order valence-electron chi connectivity index (χ2n) is 12.7. The Morgan fingerprint density at radius 2 is 1.92 bits per heavy atom. The number of nitriles is 1. The van der Waals surface area contributed by atoms with Gasteiger partial charge in [-0.3, -0.25) is 4.98 Å². The van der Waals surface area contributed by atoms with Crippen LogP contribution < -0.4 is 14.5 Å². The Kier molecular flexibility index (Phi) is 9.20. The van der Waals surface area contributed by atoms with Gasteiger partial charge in [-0.05, 0) is 56.6 Å². The molecule has 2 atom stereocenters. The summed E-state index contributed by atoms with van der Waals surface area (Å²) >= 11 is 0. The van der Waals surface area contributed by atoms with Gasteiger partial charge in [0.25, 0.3) is 0 Å². The number of amides is 1. The lowest BCUT2D eigenvalue weighted by molar-refractivity contribution is 0.0767. The van der Waals surface area contributed by atoms with Crippen LogP contribution in [0.3, 0.4) is 0 Å². The minimum absolute atomic E-state index is 0.171. The number of anilines is 2. The molecular formula is C36H39FN8O3. The van der Waals surface area contributed by atoms with Crippen molar-refractivity contribution in [3.63, 3.8) is 0 Å². The number of aromatic nitrogens is 3. The van der Waals surface area contributed by atoms with E-state index in [0.29, 0.717) is 57.8 Å². The molecule has 5 heterocycles. The maximum absolute atomic E-state index is 14.0. The molecule has 0 N–H and O–H groups in total. The largest absolute Gasteiger partial charge is 0.462 e. The highest BCUT2D eigenvalue weighted by Gasteiger charge is 2.35. The Morgan fingerprint density at radius 1 is 1.04 bits per heavy atom. The van der Waals surface area contributed by atoms with Crippen LogP contribution in [0.15, 0.2) is 60.9 Å². The number of pyridine rings is 1. The van der Waals surface area contributed by atoms with E-state index in [9.17, 15) is 14.4 Å². The molecule has 0 bridgehead atoms. The van der Waals surface area contributed by atoms with Crippen LogP contribution in [0.1, 0.15) is 36.1 Å². The van der Waals surface area contributed by atoms with Crippen molar-refractivity contribution >= 4 is 28.4 Å². The van der Waals surface area contributed by atoms with Gasteiger partial charge in [0.1, 0.15) is 24.8 Å². The van der Waals surface area contributed by atoms with Crippen LogP contribution in [-0.2, 0) is 24.3 Å². The van der Waals surface area contributed by atoms with E-state index < -0.39 is 6.09 Å². The van der Waals surface area contributed by atoms with E-state index in [1.165, 1.54) is 12.1 Å². The van der Waals surface area contributed by atoms with Crippen molar-refractivity contribution in [3.8, 4) is 12.1 Å². The lowest BCUT2D eigenvalue weighted by Crippen LogP contribution is -2.55. The van der Waals surface area contributed by atoms with Crippen LogP contribution in [0.2, 0.25) is 0 Å². The van der Waals surface area contributed by atoms with E-state index in [2.05, 4.69) is 32.8 Å². The highest BCUT2D eigenvalue weighted by atomic mass is 19.1. The normalized spacial score (nSPS) is 19.6. The monoisotopic (exact) mass is 650 g/mol. The number of piperazine rings is 1. The van der Waals surface area contributed by atoms with E-state index in [1.807, 2.05) is 36.5 Å². The molecule has 7 rings (SSSR count). The highest BCUT2D eigenvalue weighted by molar-refractivity contribution is 5.93. The molecule has 3 aliphatic rings. The van der Waals surface area contributed by atoms with Crippen LogP contribution in [0, 0.1) is 17.1 Å². The summed E-state index contributed by atoms with van der Waals surface area (Å²) in [6.07, 6.45) is 6.13. The number of likely N-dealkylation sites (tertiary alicyclic amines) is 1. The van der Waals surface area contributed by atoms with Gasteiger partial charge in [0.15, 0.2) is 0 Å². The Bertz CT molecular complexity index is 1820. The predicted octanol–water partition coefficient (Wildman–Crippen LogP) is 4.94. The van der Waals surface area contributed by atoms with Crippen molar-refractivity contribution in [1.29, 1.82) is 5.26 Å². The van der Waals surface area contributed by atoms with E-state index in [1.54, 1.807) is 17.2 Å². The summed E-state index contributed by atoms with van der Waals surface area (Å²) in [5.41, 5.74) is 3.73. The first-order valence-electron chi connectivity index (χ1n) is 16.6. The summed E-state index contributed by atoms with van der Waals surface area (Å²) in [4.78, 5) is 35.9. The number of carbonyl (C=O) groups excluding carboxylic acids is 1. The standard InChI is InChI=1S/C36H39FN8O3/c1-42-14-5-8-29(42)24-47-35-40-32-22-43(33-20-39-19-26-18-27(37)9-10-30(26)33)15-12-31(32)34(41-35)44-16-17-45(28(21-44)11-13-38)36(46)48-23-25-6-3-2-4-7-25/h2-4,6-7,9-10,18-20,28-29H,5,8,11-12,14-17,21-24H2,1H3/t28?,29-/m0/s1. The Hall–Kier alpha value is -5.02. The number of benzene rings is 2. The molecule has 48 heavy (non-hydrogen) atoms. The number of rotatable bonds is 8. The summed E-state index contributed by atoms with van der Waals surface area (Å²) in [7, 11) is 2.11. The zero-order valence-corrected chi connectivity index (χ0v) is 27.1. The molecule has 11 nitrogen and oxygen atoms in total. The summed E-state index contributed by atoms with van der Waals surface area (Å²) < 4.78 is 26.0. The van der Waals surface area contributed by atoms with Crippen LogP contribution >= 0.6 is 0 Å². The maximum atomic E-state index is 14.0. The third-order valence-electron chi connectivity index (χ3n) is 9.69. The molecule has 2 saturated heterocycles. The van der Waals surface area contributed by atoms with E-state index >= 15 is 0 Å². The van der Waals surface area contributed by atoms with Gasteiger partial charge in [0.2, 0.25) is 0 Å². The summed E-state index contributed by atoms with van der Waals surface area (Å²) in [5, 5.41) is 11.4. The smallest absolute Gasteiger partial charge is 0.410 e. The molecule has 0 spiro atoms. The molecule has 0 radical (unpaired) electrons. The molecule has 0 saturated carbocycles. The van der Waals surface area contributed by atoms with Gasteiger partial charge in [-0.25, -0.2) is 9.18 Å². The van der Waals surface area contributed by atoms with E-state index in [0.717, 1.165) is 58.5 Å². The second kappa shape index (κ2) is 14.0. The fraction of sp³-hybridized carbons (Fsp3) is 0.417. The zero-order chi connectivity index (χ0) is 33.0. The Balaban J connectivity index is 1.15.